The van der Waals surface area contributed by atoms with Crippen LogP contribution in [0.25, 0.3) is 0 Å². The number of methoxy groups -OCH3 is 1. The lowest BCUT2D eigenvalue weighted by atomic mass is 9.77. The van der Waals surface area contributed by atoms with Gasteiger partial charge in [-0.3, -0.25) is 4.79 Å². The molecule has 0 aliphatic carbocycles. The zero-order chi connectivity index (χ0) is 13.8. The maximum atomic E-state index is 11.4. The van der Waals surface area contributed by atoms with Gasteiger partial charge in [-0.05, 0) is 43.7 Å². The molecule has 1 heterocycles. The Morgan fingerprint density at radius 3 is 2.56 bits per heavy atom. The summed E-state index contributed by atoms with van der Waals surface area (Å²) in [6.45, 7) is 12.0. The normalized spacial score (nSPS) is 24.4. The standard InChI is InChI=1S/C15H29NO2/c1-12(14(17)18-5)11-16-9-6-7-13(8-10-16)15(2,3)4/h12-13H,6-11H2,1-5H3. The van der Waals surface area contributed by atoms with Crippen molar-refractivity contribution in [3.8, 4) is 0 Å². The lowest BCUT2D eigenvalue weighted by Gasteiger charge is -2.30. The van der Waals surface area contributed by atoms with E-state index in [9.17, 15) is 4.79 Å². The summed E-state index contributed by atoms with van der Waals surface area (Å²) in [4.78, 5) is 13.9. The van der Waals surface area contributed by atoms with Crippen LogP contribution in [0.2, 0.25) is 0 Å². The number of esters is 1. The Kier molecular flexibility index (Phi) is 5.64. The number of carbonyl (C=O) groups is 1. The summed E-state index contributed by atoms with van der Waals surface area (Å²) in [5.74, 6) is 0.698. The summed E-state index contributed by atoms with van der Waals surface area (Å²) in [6, 6.07) is 0. The molecular weight excluding hydrogens is 226 g/mol. The van der Waals surface area contributed by atoms with Gasteiger partial charge < -0.3 is 9.64 Å². The second-order valence-electron chi connectivity index (χ2n) is 6.72. The van der Waals surface area contributed by atoms with E-state index in [-0.39, 0.29) is 11.9 Å². The molecule has 106 valence electrons. The van der Waals surface area contributed by atoms with E-state index in [1.54, 1.807) is 0 Å². The average Bonchev–Trinajstić information content (AvgIpc) is 2.52. The third-order valence-electron chi connectivity index (χ3n) is 4.18. The van der Waals surface area contributed by atoms with Crippen LogP contribution < -0.4 is 0 Å². The van der Waals surface area contributed by atoms with Crippen molar-refractivity contribution in [2.75, 3.05) is 26.7 Å². The van der Waals surface area contributed by atoms with E-state index < -0.39 is 0 Å². The van der Waals surface area contributed by atoms with Crippen LogP contribution in [0.15, 0.2) is 0 Å². The fraction of sp³-hybridized carbons (Fsp3) is 0.933. The van der Waals surface area contributed by atoms with Gasteiger partial charge in [-0.1, -0.05) is 27.7 Å². The Morgan fingerprint density at radius 2 is 2.00 bits per heavy atom. The fourth-order valence-corrected chi connectivity index (χ4v) is 2.87. The molecule has 18 heavy (non-hydrogen) atoms. The van der Waals surface area contributed by atoms with Crippen molar-refractivity contribution in [3.63, 3.8) is 0 Å². The Balaban J connectivity index is 2.45. The van der Waals surface area contributed by atoms with E-state index in [0.717, 1.165) is 25.6 Å². The molecule has 2 unspecified atom stereocenters. The van der Waals surface area contributed by atoms with Gasteiger partial charge in [0.15, 0.2) is 0 Å². The first-order valence-corrected chi connectivity index (χ1v) is 7.14. The smallest absolute Gasteiger partial charge is 0.309 e. The maximum Gasteiger partial charge on any atom is 0.309 e. The van der Waals surface area contributed by atoms with Crippen molar-refractivity contribution in [1.29, 1.82) is 0 Å². The summed E-state index contributed by atoms with van der Waals surface area (Å²) in [5.41, 5.74) is 0.407. The van der Waals surface area contributed by atoms with E-state index in [4.69, 9.17) is 4.74 Å². The van der Waals surface area contributed by atoms with E-state index in [1.165, 1.54) is 26.4 Å². The monoisotopic (exact) mass is 255 g/mol. The predicted molar refractivity (Wildman–Crippen MR) is 74.4 cm³/mol. The molecule has 1 aliphatic heterocycles. The topological polar surface area (TPSA) is 29.5 Å². The van der Waals surface area contributed by atoms with E-state index in [2.05, 4.69) is 25.7 Å². The van der Waals surface area contributed by atoms with Crippen LogP contribution in [-0.4, -0.2) is 37.6 Å². The van der Waals surface area contributed by atoms with Crippen LogP contribution >= 0.6 is 0 Å². The molecule has 0 aromatic carbocycles. The number of nitrogens with zero attached hydrogens (tertiary/aromatic N) is 1. The number of hydrogen-bond acceptors (Lipinski definition) is 3. The maximum absolute atomic E-state index is 11.4. The fourth-order valence-electron chi connectivity index (χ4n) is 2.87. The number of likely N-dealkylation sites (tertiary alicyclic amines) is 1. The minimum atomic E-state index is -0.0911. The summed E-state index contributed by atoms with van der Waals surface area (Å²) in [7, 11) is 1.47. The van der Waals surface area contributed by atoms with Crippen LogP contribution in [-0.2, 0) is 9.53 Å². The molecule has 0 aromatic rings. The summed E-state index contributed by atoms with van der Waals surface area (Å²) >= 11 is 0. The van der Waals surface area contributed by atoms with Gasteiger partial charge in [0.2, 0.25) is 0 Å². The number of carbonyl (C=O) groups excluding carboxylic acids is 1. The lowest BCUT2D eigenvalue weighted by molar-refractivity contribution is -0.145. The molecular formula is C15H29NO2. The molecule has 3 heteroatoms. The SMILES string of the molecule is COC(=O)C(C)CN1CCCC(C(C)(C)C)CC1. The third-order valence-corrected chi connectivity index (χ3v) is 4.18. The van der Waals surface area contributed by atoms with Gasteiger partial charge >= 0.3 is 5.97 Å². The summed E-state index contributed by atoms with van der Waals surface area (Å²) < 4.78 is 4.79. The second-order valence-corrected chi connectivity index (χ2v) is 6.72. The summed E-state index contributed by atoms with van der Waals surface area (Å²) in [6.07, 6.45) is 3.81. The van der Waals surface area contributed by atoms with E-state index in [1.807, 2.05) is 6.92 Å². The minimum Gasteiger partial charge on any atom is -0.469 e. The van der Waals surface area contributed by atoms with Crippen molar-refractivity contribution in [3.05, 3.63) is 0 Å². The molecule has 3 nitrogen and oxygen atoms in total. The highest BCUT2D eigenvalue weighted by molar-refractivity contribution is 5.72. The number of ether oxygens (including phenoxy) is 1. The van der Waals surface area contributed by atoms with Crippen LogP contribution in [0.3, 0.4) is 0 Å². The molecule has 1 fully saturated rings. The zero-order valence-corrected chi connectivity index (χ0v) is 12.7. The first-order chi connectivity index (χ1) is 8.34. The zero-order valence-electron chi connectivity index (χ0n) is 12.7. The molecule has 0 spiro atoms. The molecule has 0 radical (unpaired) electrons. The third kappa shape index (κ3) is 4.60. The van der Waals surface area contributed by atoms with Gasteiger partial charge in [0.05, 0.1) is 13.0 Å². The van der Waals surface area contributed by atoms with E-state index >= 15 is 0 Å². The highest BCUT2D eigenvalue weighted by Crippen LogP contribution is 2.34. The second kappa shape index (κ2) is 6.55. The molecule has 1 saturated heterocycles. The van der Waals surface area contributed by atoms with Crippen molar-refractivity contribution in [2.45, 2.75) is 47.0 Å². The molecule has 0 N–H and O–H groups in total. The predicted octanol–water partition coefficient (Wildman–Crippen LogP) is 2.94. The first-order valence-electron chi connectivity index (χ1n) is 7.14. The lowest BCUT2D eigenvalue weighted by Crippen LogP contribution is -2.33. The minimum absolute atomic E-state index is 0.0128. The van der Waals surface area contributed by atoms with Crippen molar-refractivity contribution in [2.24, 2.45) is 17.3 Å². The Morgan fingerprint density at radius 1 is 1.33 bits per heavy atom. The van der Waals surface area contributed by atoms with Gasteiger partial charge in [0.25, 0.3) is 0 Å². The molecule has 0 amide bonds. The highest BCUT2D eigenvalue weighted by Gasteiger charge is 2.28. The quantitative estimate of drug-likeness (QED) is 0.726. The molecule has 0 saturated carbocycles. The van der Waals surface area contributed by atoms with Crippen molar-refractivity contribution in [1.82, 2.24) is 4.90 Å². The highest BCUT2D eigenvalue weighted by atomic mass is 16.5. The van der Waals surface area contributed by atoms with Crippen molar-refractivity contribution >= 4 is 5.97 Å². The van der Waals surface area contributed by atoms with Crippen LogP contribution in [0.1, 0.15) is 47.0 Å². The van der Waals surface area contributed by atoms with Gasteiger partial charge in [-0.2, -0.15) is 0 Å². The molecule has 2 atom stereocenters. The molecule has 1 aliphatic rings. The van der Waals surface area contributed by atoms with Gasteiger partial charge in [-0.25, -0.2) is 0 Å². The number of rotatable bonds is 3. The largest absolute Gasteiger partial charge is 0.469 e. The van der Waals surface area contributed by atoms with E-state index in [0.29, 0.717) is 5.41 Å². The van der Waals surface area contributed by atoms with Crippen molar-refractivity contribution < 1.29 is 9.53 Å². The molecule has 0 bridgehead atoms. The van der Waals surface area contributed by atoms with Gasteiger partial charge in [0, 0.05) is 6.54 Å². The van der Waals surface area contributed by atoms with Gasteiger partial charge in [-0.15, -0.1) is 0 Å². The Hall–Kier alpha value is -0.570. The number of hydrogen-bond donors (Lipinski definition) is 0. The average molecular weight is 255 g/mol. The van der Waals surface area contributed by atoms with Crippen LogP contribution in [0.5, 0.6) is 0 Å². The molecule has 0 aromatic heterocycles. The molecule has 1 rings (SSSR count). The van der Waals surface area contributed by atoms with Crippen LogP contribution in [0.4, 0.5) is 0 Å². The Bertz CT molecular complexity index is 270. The Labute approximate surface area is 112 Å². The van der Waals surface area contributed by atoms with Crippen LogP contribution in [0, 0.1) is 17.3 Å². The van der Waals surface area contributed by atoms with Gasteiger partial charge in [0.1, 0.15) is 0 Å². The first kappa shape index (κ1) is 15.5. The summed E-state index contributed by atoms with van der Waals surface area (Å²) in [5, 5.41) is 0.